The van der Waals surface area contributed by atoms with Gasteiger partial charge in [-0.1, -0.05) is 31.1 Å². The lowest BCUT2D eigenvalue weighted by Crippen LogP contribution is -2.42. The van der Waals surface area contributed by atoms with Crippen molar-refractivity contribution >= 4 is 17.5 Å². The predicted molar refractivity (Wildman–Crippen MR) is 111 cm³/mol. The zero-order valence-electron chi connectivity index (χ0n) is 17.6. The number of nitrogens with zero attached hydrogens (tertiary/aromatic N) is 2. The van der Waals surface area contributed by atoms with E-state index >= 15 is 0 Å². The van der Waals surface area contributed by atoms with Gasteiger partial charge < -0.3 is 20.5 Å². The fourth-order valence-corrected chi connectivity index (χ4v) is 3.28. The van der Waals surface area contributed by atoms with Crippen LogP contribution in [0.5, 0.6) is 0 Å². The summed E-state index contributed by atoms with van der Waals surface area (Å²) in [5.74, 6) is 0.584. The predicted octanol–water partition coefficient (Wildman–Crippen LogP) is 3.27. The third-order valence-electron chi connectivity index (χ3n) is 5.22. The Morgan fingerprint density at radius 2 is 2.03 bits per heavy atom. The maximum Gasteiger partial charge on any atom is 0.259 e. The molecule has 2 amide bonds. The van der Waals surface area contributed by atoms with Crippen molar-refractivity contribution in [1.82, 2.24) is 10.1 Å². The third kappa shape index (κ3) is 5.23. The van der Waals surface area contributed by atoms with E-state index in [4.69, 9.17) is 10.3 Å². The van der Waals surface area contributed by atoms with E-state index in [1.807, 2.05) is 38.1 Å². The van der Waals surface area contributed by atoms with Crippen LogP contribution in [0, 0.1) is 25.2 Å². The third-order valence-corrected chi connectivity index (χ3v) is 5.22. The van der Waals surface area contributed by atoms with Gasteiger partial charge in [-0.05, 0) is 56.3 Å². The molecule has 7 heteroatoms. The Labute approximate surface area is 171 Å². The highest BCUT2D eigenvalue weighted by Gasteiger charge is 2.30. The number of carbonyl (C=O) groups is 2. The van der Waals surface area contributed by atoms with Crippen molar-refractivity contribution in [1.29, 1.82) is 0 Å². The van der Waals surface area contributed by atoms with E-state index in [0.29, 0.717) is 36.7 Å². The Balaban J connectivity index is 1.83. The molecule has 0 aliphatic heterocycles. The molecule has 1 heterocycles. The molecule has 0 unspecified atom stereocenters. The first-order valence-corrected chi connectivity index (χ1v) is 10.0. The van der Waals surface area contributed by atoms with Gasteiger partial charge in [0.15, 0.2) is 0 Å². The molecule has 3 N–H and O–H groups in total. The molecular weight excluding hydrogens is 368 g/mol. The lowest BCUT2D eigenvalue weighted by Gasteiger charge is -2.32. The van der Waals surface area contributed by atoms with Crippen molar-refractivity contribution < 1.29 is 14.1 Å². The molecule has 0 spiro atoms. The molecule has 1 fully saturated rings. The minimum atomic E-state index is -0.244. The minimum absolute atomic E-state index is 0.0649. The summed E-state index contributed by atoms with van der Waals surface area (Å²) in [6, 6.07) is 7.64. The van der Waals surface area contributed by atoms with E-state index < -0.39 is 0 Å². The van der Waals surface area contributed by atoms with E-state index in [1.54, 1.807) is 18.7 Å². The van der Waals surface area contributed by atoms with Gasteiger partial charge in [0, 0.05) is 24.7 Å². The van der Waals surface area contributed by atoms with Crippen molar-refractivity contribution in [2.24, 2.45) is 17.1 Å². The Hall–Kier alpha value is -2.67. The summed E-state index contributed by atoms with van der Waals surface area (Å²) in [7, 11) is 0. The van der Waals surface area contributed by atoms with E-state index in [0.717, 1.165) is 24.1 Å². The van der Waals surface area contributed by atoms with Gasteiger partial charge in [0.2, 0.25) is 5.91 Å². The number of nitrogens with two attached hydrogens (primary N) is 1. The van der Waals surface area contributed by atoms with Crippen LogP contribution >= 0.6 is 0 Å². The number of carbonyl (C=O) groups excluding carboxylic acids is 2. The van der Waals surface area contributed by atoms with Crippen LogP contribution < -0.4 is 11.1 Å². The van der Waals surface area contributed by atoms with Crippen LogP contribution in [0.4, 0.5) is 5.69 Å². The first-order chi connectivity index (χ1) is 13.7. The summed E-state index contributed by atoms with van der Waals surface area (Å²) < 4.78 is 5.19. The summed E-state index contributed by atoms with van der Waals surface area (Å²) in [5.41, 5.74) is 8.44. The lowest BCUT2D eigenvalue weighted by atomic mass is 9.92. The average molecular weight is 399 g/mol. The van der Waals surface area contributed by atoms with E-state index in [2.05, 4.69) is 10.5 Å². The normalized spacial score (nSPS) is 14.0. The maximum atomic E-state index is 13.3. The van der Waals surface area contributed by atoms with Gasteiger partial charge in [-0.2, -0.15) is 0 Å². The Morgan fingerprint density at radius 3 is 2.62 bits per heavy atom. The fourth-order valence-electron chi connectivity index (χ4n) is 3.28. The van der Waals surface area contributed by atoms with Crippen LogP contribution in [-0.4, -0.2) is 35.0 Å². The van der Waals surface area contributed by atoms with Crippen LogP contribution in [0.1, 0.15) is 54.1 Å². The number of aromatic nitrogens is 1. The second-order valence-electron chi connectivity index (χ2n) is 8.69. The molecule has 0 atom stereocenters. The number of anilines is 1. The zero-order valence-corrected chi connectivity index (χ0v) is 17.6. The van der Waals surface area contributed by atoms with Gasteiger partial charge in [-0.15, -0.1) is 0 Å². The number of benzene rings is 1. The molecule has 1 aromatic heterocycles. The molecule has 0 radical (unpaired) electrons. The molecule has 2 aromatic rings. The number of aryl methyl sites for hydroxylation is 2. The Kier molecular flexibility index (Phi) is 6.07. The highest BCUT2D eigenvalue weighted by molar-refractivity contribution is 5.96. The van der Waals surface area contributed by atoms with E-state index in [-0.39, 0.29) is 23.1 Å². The number of rotatable bonds is 8. The standard InChI is InChI=1S/C22H30N4O3/c1-14-19(15(2)29-25-14)21(28)26(13-22(3,4)12-23)11-16-6-5-7-18(10-16)24-20(27)17-8-9-17/h5-7,10,17H,8-9,11-13,23H2,1-4H3,(H,24,27). The Bertz CT molecular complexity index is 880. The van der Waals surface area contributed by atoms with E-state index in [1.165, 1.54) is 0 Å². The second kappa shape index (κ2) is 8.37. The number of hydrogen-bond acceptors (Lipinski definition) is 5. The van der Waals surface area contributed by atoms with Crippen molar-refractivity contribution in [3.63, 3.8) is 0 Å². The molecule has 0 saturated heterocycles. The van der Waals surface area contributed by atoms with Crippen molar-refractivity contribution in [3.05, 3.63) is 46.8 Å². The fraction of sp³-hybridized carbons (Fsp3) is 0.500. The molecule has 3 rings (SSSR count). The highest BCUT2D eigenvalue weighted by Crippen LogP contribution is 2.30. The summed E-state index contributed by atoms with van der Waals surface area (Å²) in [6.45, 7) is 8.93. The number of hydrogen-bond donors (Lipinski definition) is 2. The molecule has 1 aromatic carbocycles. The quantitative estimate of drug-likeness (QED) is 0.711. The zero-order chi connectivity index (χ0) is 21.2. The molecule has 7 nitrogen and oxygen atoms in total. The number of nitrogens with one attached hydrogen (secondary N) is 1. The topological polar surface area (TPSA) is 101 Å². The summed E-state index contributed by atoms with van der Waals surface area (Å²) in [4.78, 5) is 27.2. The van der Waals surface area contributed by atoms with Crippen LogP contribution in [0.25, 0.3) is 0 Å². The lowest BCUT2D eigenvalue weighted by molar-refractivity contribution is -0.117. The largest absolute Gasteiger partial charge is 0.361 e. The van der Waals surface area contributed by atoms with Crippen LogP contribution in [0.15, 0.2) is 28.8 Å². The van der Waals surface area contributed by atoms with Gasteiger partial charge in [0.1, 0.15) is 11.3 Å². The van der Waals surface area contributed by atoms with Gasteiger partial charge in [0.05, 0.1) is 5.69 Å². The van der Waals surface area contributed by atoms with Crippen molar-refractivity contribution in [2.75, 3.05) is 18.4 Å². The van der Waals surface area contributed by atoms with Crippen LogP contribution in [0.2, 0.25) is 0 Å². The monoisotopic (exact) mass is 398 g/mol. The minimum Gasteiger partial charge on any atom is -0.361 e. The number of amides is 2. The molecule has 1 aliphatic carbocycles. The first kappa shape index (κ1) is 21.0. The van der Waals surface area contributed by atoms with E-state index in [9.17, 15) is 9.59 Å². The second-order valence-corrected chi connectivity index (χ2v) is 8.69. The van der Waals surface area contributed by atoms with Gasteiger partial charge in [0.25, 0.3) is 5.91 Å². The summed E-state index contributed by atoms with van der Waals surface area (Å²) in [5, 5.41) is 6.88. The van der Waals surface area contributed by atoms with Gasteiger partial charge in [-0.3, -0.25) is 9.59 Å². The first-order valence-electron chi connectivity index (χ1n) is 10.0. The van der Waals surface area contributed by atoms with Crippen molar-refractivity contribution in [3.8, 4) is 0 Å². The van der Waals surface area contributed by atoms with Gasteiger partial charge >= 0.3 is 0 Å². The average Bonchev–Trinajstić information content (AvgIpc) is 3.46. The van der Waals surface area contributed by atoms with Crippen LogP contribution in [0.3, 0.4) is 0 Å². The van der Waals surface area contributed by atoms with Crippen molar-refractivity contribution in [2.45, 2.75) is 47.1 Å². The molecular formula is C22H30N4O3. The SMILES string of the molecule is Cc1noc(C)c1C(=O)N(Cc1cccc(NC(=O)C2CC2)c1)CC(C)(C)CN. The Morgan fingerprint density at radius 1 is 1.31 bits per heavy atom. The smallest absolute Gasteiger partial charge is 0.259 e. The molecule has 0 bridgehead atoms. The van der Waals surface area contributed by atoms with Gasteiger partial charge in [-0.25, -0.2) is 0 Å². The summed E-state index contributed by atoms with van der Waals surface area (Å²) in [6.07, 6.45) is 1.92. The van der Waals surface area contributed by atoms with Crippen LogP contribution in [-0.2, 0) is 11.3 Å². The molecule has 1 aliphatic rings. The maximum absolute atomic E-state index is 13.3. The highest BCUT2D eigenvalue weighted by atomic mass is 16.5. The summed E-state index contributed by atoms with van der Waals surface area (Å²) >= 11 is 0. The molecule has 1 saturated carbocycles. The molecule has 29 heavy (non-hydrogen) atoms. The molecule has 156 valence electrons.